The molecule has 1 fully saturated rings. The first-order chi connectivity index (χ1) is 9.97. The Labute approximate surface area is 127 Å². The highest BCUT2D eigenvalue weighted by Gasteiger charge is 2.29. The van der Waals surface area contributed by atoms with Crippen molar-refractivity contribution in [3.8, 4) is 5.75 Å². The number of ether oxygens (including phenoxy) is 1. The Morgan fingerprint density at radius 1 is 1.19 bits per heavy atom. The monoisotopic (exact) mass is 311 g/mol. The Morgan fingerprint density at radius 3 is 2.52 bits per heavy atom. The van der Waals surface area contributed by atoms with Crippen molar-refractivity contribution in [1.29, 1.82) is 0 Å². The number of nitrogens with two attached hydrogens (primary N) is 1. The molecule has 1 aliphatic rings. The zero-order chi connectivity index (χ0) is 15.3. The maximum absolute atomic E-state index is 12.3. The molecule has 1 saturated carbocycles. The fraction of sp³-hybridized carbons (Fsp3) is 0.625. The first-order valence-corrected chi connectivity index (χ1v) is 9.35. The van der Waals surface area contributed by atoms with Crippen molar-refractivity contribution < 1.29 is 13.2 Å². The van der Waals surface area contributed by atoms with E-state index in [2.05, 4.69) is 0 Å². The van der Waals surface area contributed by atoms with Gasteiger partial charge in [-0.25, -0.2) is 8.42 Å². The summed E-state index contributed by atoms with van der Waals surface area (Å²) >= 11 is 0. The van der Waals surface area contributed by atoms with E-state index in [1.165, 1.54) is 6.42 Å². The summed E-state index contributed by atoms with van der Waals surface area (Å²) in [5, 5.41) is 0. The standard InChI is InChI=1S/C16H25NO3S/c1-2-12-21(18,19)15-9-5-4-8-14(15)20-13-16(17)10-6-3-7-11-16/h4-5,8-9H,2-3,6-7,10-13,17H2,1H3. The molecule has 0 amide bonds. The van der Waals surface area contributed by atoms with Gasteiger partial charge in [-0.1, -0.05) is 38.3 Å². The second-order valence-corrected chi connectivity index (χ2v) is 8.05. The van der Waals surface area contributed by atoms with Gasteiger partial charge in [-0.05, 0) is 31.4 Å². The van der Waals surface area contributed by atoms with Crippen molar-refractivity contribution in [2.45, 2.75) is 55.9 Å². The number of benzene rings is 1. The summed E-state index contributed by atoms with van der Waals surface area (Å²) < 4.78 is 30.4. The summed E-state index contributed by atoms with van der Waals surface area (Å²) in [5.41, 5.74) is 6.03. The molecule has 2 N–H and O–H groups in total. The van der Waals surface area contributed by atoms with Gasteiger partial charge in [-0.2, -0.15) is 0 Å². The van der Waals surface area contributed by atoms with Crippen LogP contribution in [0.15, 0.2) is 29.2 Å². The Bertz CT molecular complexity index is 563. The van der Waals surface area contributed by atoms with E-state index in [1.54, 1.807) is 24.3 Å². The third-order valence-corrected chi connectivity index (χ3v) is 5.97. The summed E-state index contributed by atoms with van der Waals surface area (Å²) in [7, 11) is -3.28. The summed E-state index contributed by atoms with van der Waals surface area (Å²) in [6, 6.07) is 6.86. The van der Waals surface area contributed by atoms with Crippen LogP contribution >= 0.6 is 0 Å². The Morgan fingerprint density at radius 2 is 1.86 bits per heavy atom. The zero-order valence-electron chi connectivity index (χ0n) is 12.7. The molecular weight excluding hydrogens is 286 g/mol. The third-order valence-electron chi connectivity index (χ3n) is 4.02. The molecule has 0 saturated heterocycles. The molecule has 0 spiro atoms. The SMILES string of the molecule is CCCS(=O)(=O)c1ccccc1OCC1(N)CCCCC1. The van der Waals surface area contributed by atoms with Gasteiger partial charge in [0.1, 0.15) is 17.3 Å². The minimum absolute atomic E-state index is 0.140. The lowest BCUT2D eigenvalue weighted by Gasteiger charge is -2.33. The Balaban J connectivity index is 2.13. The smallest absolute Gasteiger partial charge is 0.182 e. The van der Waals surface area contributed by atoms with Crippen molar-refractivity contribution in [1.82, 2.24) is 0 Å². The maximum Gasteiger partial charge on any atom is 0.182 e. The van der Waals surface area contributed by atoms with E-state index >= 15 is 0 Å². The molecule has 0 radical (unpaired) electrons. The van der Waals surface area contributed by atoms with Gasteiger partial charge in [0.25, 0.3) is 0 Å². The lowest BCUT2D eigenvalue weighted by Crippen LogP contribution is -2.47. The van der Waals surface area contributed by atoms with Crippen LogP contribution in [0.1, 0.15) is 45.4 Å². The van der Waals surface area contributed by atoms with Crippen molar-refractivity contribution in [2.24, 2.45) is 5.73 Å². The van der Waals surface area contributed by atoms with Crippen LogP contribution in [0.5, 0.6) is 5.75 Å². The van der Waals surface area contributed by atoms with Gasteiger partial charge < -0.3 is 10.5 Å². The summed E-state index contributed by atoms with van der Waals surface area (Å²) in [4.78, 5) is 0.284. The van der Waals surface area contributed by atoms with Crippen LogP contribution in [0, 0.1) is 0 Å². The number of sulfone groups is 1. The molecule has 5 heteroatoms. The quantitative estimate of drug-likeness (QED) is 0.877. The Kier molecular flexibility index (Phi) is 5.27. The molecule has 1 aromatic rings. The Hall–Kier alpha value is -1.07. The average Bonchev–Trinajstić information content (AvgIpc) is 2.46. The van der Waals surface area contributed by atoms with Crippen molar-refractivity contribution in [3.63, 3.8) is 0 Å². The van der Waals surface area contributed by atoms with E-state index in [4.69, 9.17) is 10.5 Å². The highest BCUT2D eigenvalue weighted by Crippen LogP contribution is 2.29. The first-order valence-electron chi connectivity index (χ1n) is 7.70. The molecule has 0 aromatic heterocycles. The van der Waals surface area contributed by atoms with Gasteiger partial charge in [-0.15, -0.1) is 0 Å². The number of hydrogen-bond donors (Lipinski definition) is 1. The second-order valence-electron chi connectivity index (χ2n) is 5.98. The molecule has 21 heavy (non-hydrogen) atoms. The van der Waals surface area contributed by atoms with Crippen molar-refractivity contribution in [2.75, 3.05) is 12.4 Å². The van der Waals surface area contributed by atoms with Gasteiger partial charge in [0.15, 0.2) is 9.84 Å². The van der Waals surface area contributed by atoms with Crippen LogP contribution in [0.3, 0.4) is 0 Å². The molecule has 2 rings (SSSR count). The van der Waals surface area contributed by atoms with Crippen LogP contribution in [-0.2, 0) is 9.84 Å². The van der Waals surface area contributed by atoms with Gasteiger partial charge in [0, 0.05) is 0 Å². The van der Waals surface area contributed by atoms with Crippen LogP contribution in [0.25, 0.3) is 0 Å². The zero-order valence-corrected chi connectivity index (χ0v) is 13.5. The van der Waals surface area contributed by atoms with Gasteiger partial charge in [-0.3, -0.25) is 0 Å². The van der Waals surface area contributed by atoms with Crippen molar-refractivity contribution >= 4 is 9.84 Å². The van der Waals surface area contributed by atoms with E-state index in [-0.39, 0.29) is 16.2 Å². The summed E-state index contributed by atoms with van der Waals surface area (Å²) in [6.07, 6.45) is 5.94. The normalized spacial score (nSPS) is 18.4. The fourth-order valence-electron chi connectivity index (χ4n) is 2.83. The maximum atomic E-state index is 12.3. The van der Waals surface area contributed by atoms with E-state index in [1.807, 2.05) is 6.92 Å². The molecule has 0 unspecified atom stereocenters. The van der Waals surface area contributed by atoms with Gasteiger partial charge in [0.2, 0.25) is 0 Å². The molecule has 1 aliphatic carbocycles. The predicted octanol–water partition coefficient (Wildman–Crippen LogP) is 2.91. The minimum atomic E-state index is -3.28. The molecule has 1 aromatic carbocycles. The van der Waals surface area contributed by atoms with Crippen LogP contribution in [0.2, 0.25) is 0 Å². The number of hydrogen-bond acceptors (Lipinski definition) is 4. The minimum Gasteiger partial charge on any atom is -0.490 e. The number of rotatable bonds is 6. The largest absolute Gasteiger partial charge is 0.490 e. The average molecular weight is 311 g/mol. The molecule has 4 nitrogen and oxygen atoms in total. The van der Waals surface area contributed by atoms with E-state index in [0.717, 1.165) is 25.7 Å². The molecule has 0 bridgehead atoms. The lowest BCUT2D eigenvalue weighted by atomic mass is 9.83. The third kappa shape index (κ3) is 4.20. The predicted molar refractivity (Wildman–Crippen MR) is 84.3 cm³/mol. The second kappa shape index (κ2) is 6.79. The van der Waals surface area contributed by atoms with Crippen molar-refractivity contribution in [3.05, 3.63) is 24.3 Å². The summed E-state index contributed by atoms with van der Waals surface area (Å²) in [6.45, 7) is 2.24. The van der Waals surface area contributed by atoms with Gasteiger partial charge in [0.05, 0.1) is 11.3 Å². The van der Waals surface area contributed by atoms with E-state index < -0.39 is 9.84 Å². The van der Waals surface area contributed by atoms with E-state index in [0.29, 0.717) is 18.8 Å². The molecule has 0 heterocycles. The first kappa shape index (κ1) is 16.3. The topological polar surface area (TPSA) is 69.4 Å². The number of para-hydroxylation sites is 1. The van der Waals surface area contributed by atoms with E-state index in [9.17, 15) is 8.42 Å². The molecule has 0 aliphatic heterocycles. The highest BCUT2D eigenvalue weighted by molar-refractivity contribution is 7.91. The molecule has 0 atom stereocenters. The highest BCUT2D eigenvalue weighted by atomic mass is 32.2. The lowest BCUT2D eigenvalue weighted by molar-refractivity contribution is 0.171. The van der Waals surface area contributed by atoms with Crippen LogP contribution < -0.4 is 10.5 Å². The van der Waals surface area contributed by atoms with Gasteiger partial charge >= 0.3 is 0 Å². The van der Waals surface area contributed by atoms with Crippen LogP contribution in [-0.4, -0.2) is 26.3 Å². The molecule has 118 valence electrons. The fourth-order valence-corrected chi connectivity index (χ4v) is 4.30. The molecular formula is C16H25NO3S. The summed E-state index contributed by atoms with van der Waals surface area (Å²) in [5.74, 6) is 0.572. The van der Waals surface area contributed by atoms with Crippen LogP contribution in [0.4, 0.5) is 0 Å².